The van der Waals surface area contributed by atoms with Gasteiger partial charge in [-0.15, -0.1) is 0 Å². The molecule has 0 saturated heterocycles. The Kier molecular flexibility index (Phi) is 8.49. The number of Topliss-reactive ketones (excluding diaryl/α,β-unsaturated/α-hetero) is 1. The number of fused-ring (bicyclic) bond motifs is 2. The molecule has 0 saturated carbocycles. The van der Waals surface area contributed by atoms with Crippen molar-refractivity contribution in [1.29, 1.82) is 0 Å². The number of furan rings is 1. The number of aryl methyl sites for hydroxylation is 1. The van der Waals surface area contributed by atoms with Crippen LogP contribution < -0.4 is 19.1 Å². The molecule has 0 spiro atoms. The van der Waals surface area contributed by atoms with Gasteiger partial charge in [-0.1, -0.05) is 55.4 Å². The number of hydrogen-bond donors (Lipinski definition) is 1. The van der Waals surface area contributed by atoms with E-state index in [1.165, 1.54) is 23.3 Å². The second-order valence-corrected chi connectivity index (χ2v) is 11.8. The van der Waals surface area contributed by atoms with Crippen molar-refractivity contribution in [3.63, 3.8) is 0 Å². The first-order chi connectivity index (χ1) is 21.8. The van der Waals surface area contributed by atoms with Crippen molar-refractivity contribution in [2.45, 2.75) is 46.1 Å². The molecule has 5 aromatic rings. The summed E-state index contributed by atoms with van der Waals surface area (Å²) in [6.45, 7) is 6.90. The highest BCUT2D eigenvalue weighted by Crippen LogP contribution is 2.46. The molecular weight excluding hydrogens is 592 g/mol. The average Bonchev–Trinajstić information content (AvgIpc) is 3.73. The Morgan fingerprint density at radius 3 is 2.64 bits per heavy atom. The fourth-order valence-corrected chi connectivity index (χ4v) is 6.62. The van der Waals surface area contributed by atoms with Gasteiger partial charge in [-0.05, 0) is 67.8 Å². The molecule has 0 fully saturated rings. The van der Waals surface area contributed by atoms with Gasteiger partial charge in [0.25, 0.3) is 5.91 Å². The quantitative estimate of drug-likeness (QED) is 0.109. The number of nitrogens with zero attached hydrogens (tertiary/aromatic N) is 2. The average molecular weight is 627 g/mol. The number of unbranched alkanes of at least 4 members (excludes halogenated alkanes) is 2. The SMILES string of the molecule is CCCCCOc1ccc(C2C(C(=O)c3cc4cccc(OC)c4o3)=C(O)C(=O)N2c2nc3ccc(C)cc3s2)cc1OCC. The van der Waals surface area contributed by atoms with E-state index in [0.717, 1.165) is 29.5 Å². The summed E-state index contributed by atoms with van der Waals surface area (Å²) < 4.78 is 24.3. The maximum Gasteiger partial charge on any atom is 0.296 e. The van der Waals surface area contributed by atoms with Gasteiger partial charge in [0.2, 0.25) is 5.78 Å². The number of para-hydroxylation sites is 1. The zero-order chi connectivity index (χ0) is 31.7. The van der Waals surface area contributed by atoms with Crippen LogP contribution in [0.2, 0.25) is 0 Å². The summed E-state index contributed by atoms with van der Waals surface area (Å²) in [6, 6.07) is 17.0. The molecule has 1 N–H and O–H groups in total. The van der Waals surface area contributed by atoms with Crippen molar-refractivity contribution in [2.75, 3.05) is 25.2 Å². The molecule has 9 nitrogen and oxygen atoms in total. The van der Waals surface area contributed by atoms with E-state index in [0.29, 0.717) is 57.6 Å². The van der Waals surface area contributed by atoms with Crippen LogP contribution in [0.1, 0.15) is 60.8 Å². The first-order valence-electron chi connectivity index (χ1n) is 15.0. The first-order valence-corrected chi connectivity index (χ1v) is 15.8. The molecule has 232 valence electrons. The number of benzene rings is 3. The van der Waals surface area contributed by atoms with Gasteiger partial charge >= 0.3 is 0 Å². The number of amides is 1. The minimum Gasteiger partial charge on any atom is -0.503 e. The third kappa shape index (κ3) is 5.62. The van der Waals surface area contributed by atoms with E-state index in [9.17, 15) is 14.7 Å². The Balaban J connectivity index is 1.47. The topological polar surface area (TPSA) is 111 Å². The number of ketones is 1. The number of carbonyl (C=O) groups is 2. The molecule has 10 heteroatoms. The van der Waals surface area contributed by atoms with Crippen LogP contribution in [0.15, 0.2) is 76.4 Å². The van der Waals surface area contributed by atoms with Gasteiger partial charge in [-0.2, -0.15) is 0 Å². The second kappa shape index (κ2) is 12.6. The van der Waals surface area contributed by atoms with Crippen LogP contribution in [0, 0.1) is 6.92 Å². The molecule has 1 aliphatic rings. The van der Waals surface area contributed by atoms with Crippen molar-refractivity contribution >= 4 is 49.3 Å². The zero-order valence-electron chi connectivity index (χ0n) is 25.6. The number of thiazole rings is 1. The third-order valence-corrected chi connectivity index (χ3v) is 8.75. The highest BCUT2D eigenvalue weighted by Gasteiger charge is 2.47. The molecule has 1 amide bonds. The molecule has 6 rings (SSSR count). The van der Waals surface area contributed by atoms with Crippen LogP contribution in [0.4, 0.5) is 5.13 Å². The minimum absolute atomic E-state index is 0.0310. The lowest BCUT2D eigenvalue weighted by Crippen LogP contribution is -2.31. The molecule has 1 aliphatic heterocycles. The van der Waals surface area contributed by atoms with Gasteiger partial charge < -0.3 is 23.7 Å². The monoisotopic (exact) mass is 626 g/mol. The smallest absolute Gasteiger partial charge is 0.296 e. The van der Waals surface area contributed by atoms with E-state index in [-0.39, 0.29) is 11.3 Å². The number of methoxy groups -OCH3 is 1. The molecule has 3 heterocycles. The van der Waals surface area contributed by atoms with Gasteiger partial charge in [0.05, 0.1) is 42.2 Å². The zero-order valence-corrected chi connectivity index (χ0v) is 26.4. The summed E-state index contributed by atoms with van der Waals surface area (Å²) in [7, 11) is 1.52. The van der Waals surface area contributed by atoms with E-state index >= 15 is 0 Å². The molecule has 0 radical (unpaired) electrons. The lowest BCUT2D eigenvalue weighted by atomic mass is 9.95. The van der Waals surface area contributed by atoms with Gasteiger partial charge in [0, 0.05) is 5.39 Å². The Hall–Kier alpha value is -4.83. The Bertz CT molecular complexity index is 1940. The molecule has 3 aromatic carbocycles. The number of aliphatic hydroxyl groups excluding tert-OH is 1. The van der Waals surface area contributed by atoms with Crippen LogP contribution in [0.3, 0.4) is 0 Å². The van der Waals surface area contributed by atoms with Crippen LogP contribution in [0.25, 0.3) is 21.2 Å². The van der Waals surface area contributed by atoms with Gasteiger partial charge in [-0.25, -0.2) is 4.98 Å². The van der Waals surface area contributed by atoms with Crippen LogP contribution in [-0.4, -0.2) is 42.1 Å². The van der Waals surface area contributed by atoms with E-state index in [4.69, 9.17) is 23.6 Å². The largest absolute Gasteiger partial charge is 0.503 e. The van der Waals surface area contributed by atoms with Crippen molar-refractivity contribution in [1.82, 2.24) is 4.98 Å². The van der Waals surface area contributed by atoms with E-state index in [1.54, 1.807) is 42.5 Å². The number of rotatable bonds is 12. The molecule has 1 unspecified atom stereocenters. The third-order valence-electron chi connectivity index (χ3n) is 7.73. The lowest BCUT2D eigenvalue weighted by Gasteiger charge is -2.25. The number of carbonyl (C=O) groups excluding carboxylic acids is 2. The number of anilines is 1. The standard InChI is InChI=1S/C35H34N2O7S/c1-5-7-8-16-43-24-15-13-21(18-26(24)42-6-2)30-29(31(38)27-19-22-10-9-11-25(41-4)33(22)44-27)32(39)34(40)37(30)35-36-23-14-12-20(3)17-28(23)45-35/h9-15,17-19,30,39H,5-8,16H2,1-4H3. The van der Waals surface area contributed by atoms with Gasteiger partial charge in [-0.3, -0.25) is 14.5 Å². The summed E-state index contributed by atoms with van der Waals surface area (Å²) in [6.07, 6.45) is 3.03. The lowest BCUT2D eigenvalue weighted by molar-refractivity contribution is -0.117. The fraction of sp³-hybridized carbons (Fsp3) is 0.286. The number of aromatic nitrogens is 1. The van der Waals surface area contributed by atoms with Crippen molar-refractivity contribution < 1.29 is 33.3 Å². The fourth-order valence-electron chi connectivity index (χ4n) is 5.53. The van der Waals surface area contributed by atoms with Crippen LogP contribution in [0.5, 0.6) is 17.2 Å². The Labute approximate surface area is 264 Å². The highest BCUT2D eigenvalue weighted by atomic mass is 32.1. The van der Waals surface area contributed by atoms with Gasteiger partial charge in [0.1, 0.15) is 0 Å². The number of hydrogen-bond acceptors (Lipinski definition) is 9. The molecular formula is C35H34N2O7S. The summed E-state index contributed by atoms with van der Waals surface area (Å²) in [5.41, 5.74) is 2.58. The van der Waals surface area contributed by atoms with Crippen molar-refractivity contribution in [3.05, 3.63) is 88.9 Å². The summed E-state index contributed by atoms with van der Waals surface area (Å²) in [5.74, 6) is -0.542. The van der Waals surface area contributed by atoms with Gasteiger partial charge in [0.15, 0.2) is 39.5 Å². The van der Waals surface area contributed by atoms with Crippen LogP contribution >= 0.6 is 11.3 Å². The molecule has 1 atom stereocenters. The Morgan fingerprint density at radius 2 is 1.87 bits per heavy atom. The maximum absolute atomic E-state index is 14.2. The maximum atomic E-state index is 14.2. The van der Waals surface area contributed by atoms with Crippen molar-refractivity contribution in [3.8, 4) is 17.2 Å². The normalized spacial score (nSPS) is 15.0. The van der Waals surface area contributed by atoms with E-state index in [1.807, 2.05) is 32.0 Å². The molecule has 0 bridgehead atoms. The minimum atomic E-state index is -1.02. The summed E-state index contributed by atoms with van der Waals surface area (Å²) >= 11 is 1.31. The molecule has 45 heavy (non-hydrogen) atoms. The molecule has 0 aliphatic carbocycles. The van der Waals surface area contributed by atoms with Crippen LogP contribution in [-0.2, 0) is 4.79 Å². The Morgan fingerprint density at radius 1 is 1.02 bits per heavy atom. The van der Waals surface area contributed by atoms with E-state index in [2.05, 4.69) is 6.92 Å². The van der Waals surface area contributed by atoms with E-state index < -0.39 is 23.5 Å². The summed E-state index contributed by atoms with van der Waals surface area (Å²) in [4.78, 5) is 34.2. The second-order valence-electron chi connectivity index (χ2n) is 10.8. The first kappa shape index (κ1) is 30.2. The number of ether oxygens (including phenoxy) is 3. The summed E-state index contributed by atoms with van der Waals surface area (Å²) in [5, 5.41) is 12.4. The molecule has 2 aromatic heterocycles. The highest BCUT2D eigenvalue weighted by molar-refractivity contribution is 7.22. The van der Waals surface area contributed by atoms with Crippen molar-refractivity contribution in [2.24, 2.45) is 0 Å². The number of aliphatic hydroxyl groups is 1. The predicted molar refractivity (Wildman–Crippen MR) is 174 cm³/mol. The predicted octanol–water partition coefficient (Wildman–Crippen LogP) is 8.11.